The zero-order chi connectivity index (χ0) is 21.7. The molecule has 0 aliphatic heterocycles. The minimum atomic E-state index is -3.68. The summed E-state index contributed by atoms with van der Waals surface area (Å²) in [5.74, 6) is 0.749. The SMILES string of the molecule is CCOC(=O)C[C@H](NS(=O)(=O)C(C)(C)C)c1cccc(Oc2ccc(C)cc2)c1. The van der Waals surface area contributed by atoms with E-state index in [1.807, 2.05) is 31.2 Å². The van der Waals surface area contributed by atoms with Gasteiger partial charge < -0.3 is 9.47 Å². The van der Waals surface area contributed by atoms with Gasteiger partial charge in [0.15, 0.2) is 0 Å². The minimum Gasteiger partial charge on any atom is -0.466 e. The lowest BCUT2D eigenvalue weighted by molar-refractivity contribution is -0.143. The van der Waals surface area contributed by atoms with Crippen molar-refractivity contribution in [2.75, 3.05) is 6.61 Å². The molecule has 0 unspecified atom stereocenters. The number of rotatable bonds is 8. The molecule has 2 rings (SSSR count). The maximum absolute atomic E-state index is 12.7. The van der Waals surface area contributed by atoms with Crippen LogP contribution in [-0.2, 0) is 19.6 Å². The minimum absolute atomic E-state index is 0.114. The van der Waals surface area contributed by atoms with Gasteiger partial charge in [-0.15, -0.1) is 0 Å². The predicted octanol–water partition coefficient (Wildman–Crippen LogP) is 4.50. The second-order valence-electron chi connectivity index (χ2n) is 7.78. The van der Waals surface area contributed by atoms with Crippen LogP contribution >= 0.6 is 0 Å². The molecule has 158 valence electrons. The monoisotopic (exact) mass is 419 g/mol. The molecule has 0 amide bonds. The Hall–Kier alpha value is -2.38. The van der Waals surface area contributed by atoms with Crippen molar-refractivity contribution < 1.29 is 22.7 Å². The summed E-state index contributed by atoms with van der Waals surface area (Å²) in [5, 5.41) is 0. The summed E-state index contributed by atoms with van der Waals surface area (Å²) in [6, 6.07) is 13.9. The van der Waals surface area contributed by atoms with Crippen LogP contribution in [0, 0.1) is 6.92 Å². The molecule has 0 radical (unpaired) electrons. The number of carbonyl (C=O) groups excluding carboxylic acids is 1. The van der Waals surface area contributed by atoms with Crippen molar-refractivity contribution in [3.63, 3.8) is 0 Å². The first-order valence-electron chi connectivity index (χ1n) is 9.54. The summed E-state index contributed by atoms with van der Waals surface area (Å²) in [6.07, 6.45) is -0.114. The molecule has 0 heterocycles. The molecule has 2 aromatic rings. The van der Waals surface area contributed by atoms with Gasteiger partial charge in [0.2, 0.25) is 10.0 Å². The van der Waals surface area contributed by atoms with E-state index in [1.165, 1.54) is 0 Å². The van der Waals surface area contributed by atoms with Crippen molar-refractivity contribution in [3.05, 3.63) is 59.7 Å². The molecule has 6 nitrogen and oxygen atoms in total. The zero-order valence-corrected chi connectivity index (χ0v) is 18.4. The standard InChI is InChI=1S/C22H29NO5S/c1-6-27-21(24)15-20(23-29(25,26)22(3,4)5)17-8-7-9-19(14-17)28-18-12-10-16(2)11-13-18/h7-14,20,23H,6,15H2,1-5H3/t20-/m0/s1. The summed E-state index contributed by atoms with van der Waals surface area (Å²) in [7, 11) is -3.68. The average molecular weight is 420 g/mol. The Labute approximate surface area is 173 Å². The van der Waals surface area contributed by atoms with Gasteiger partial charge in [-0.3, -0.25) is 4.79 Å². The smallest absolute Gasteiger partial charge is 0.307 e. The van der Waals surface area contributed by atoms with Gasteiger partial charge in [0.25, 0.3) is 0 Å². The summed E-state index contributed by atoms with van der Waals surface area (Å²) in [4.78, 5) is 12.1. The number of esters is 1. The van der Waals surface area contributed by atoms with Gasteiger partial charge in [0, 0.05) is 0 Å². The summed E-state index contributed by atoms with van der Waals surface area (Å²) >= 11 is 0. The molecule has 0 spiro atoms. The number of benzene rings is 2. The van der Waals surface area contributed by atoms with Gasteiger partial charge in [0.05, 0.1) is 23.8 Å². The zero-order valence-electron chi connectivity index (χ0n) is 17.6. The predicted molar refractivity (Wildman–Crippen MR) is 113 cm³/mol. The molecule has 0 saturated heterocycles. The topological polar surface area (TPSA) is 81.7 Å². The highest BCUT2D eigenvalue weighted by Gasteiger charge is 2.32. The molecule has 0 saturated carbocycles. The van der Waals surface area contributed by atoms with Crippen molar-refractivity contribution in [2.24, 2.45) is 0 Å². The second kappa shape index (κ2) is 9.41. The van der Waals surface area contributed by atoms with Crippen LogP contribution in [0.25, 0.3) is 0 Å². The maximum atomic E-state index is 12.7. The molecule has 0 bridgehead atoms. The molecule has 1 N–H and O–H groups in total. The number of hydrogen-bond acceptors (Lipinski definition) is 5. The fourth-order valence-corrected chi connectivity index (χ4v) is 3.46. The molecule has 29 heavy (non-hydrogen) atoms. The van der Waals surface area contributed by atoms with Crippen LogP contribution in [0.5, 0.6) is 11.5 Å². The number of carbonyl (C=O) groups is 1. The Bertz CT molecular complexity index is 930. The lowest BCUT2D eigenvalue weighted by atomic mass is 10.0. The largest absolute Gasteiger partial charge is 0.466 e. The van der Waals surface area contributed by atoms with Crippen molar-refractivity contribution in [2.45, 2.75) is 51.8 Å². The fourth-order valence-electron chi connectivity index (χ4n) is 2.52. The lowest BCUT2D eigenvalue weighted by Crippen LogP contribution is -2.41. The van der Waals surface area contributed by atoms with E-state index in [9.17, 15) is 13.2 Å². The number of nitrogens with one attached hydrogen (secondary N) is 1. The van der Waals surface area contributed by atoms with E-state index >= 15 is 0 Å². The van der Waals surface area contributed by atoms with Gasteiger partial charge in [-0.25, -0.2) is 13.1 Å². The number of ether oxygens (including phenoxy) is 2. The first-order valence-corrected chi connectivity index (χ1v) is 11.0. The van der Waals surface area contributed by atoms with Crippen LogP contribution in [0.15, 0.2) is 48.5 Å². The molecule has 0 fully saturated rings. The number of sulfonamides is 1. The Kier molecular flexibility index (Phi) is 7.43. The Morgan fingerprint density at radius 2 is 1.72 bits per heavy atom. The third kappa shape index (κ3) is 6.58. The molecule has 0 aliphatic carbocycles. The quantitative estimate of drug-likeness (QED) is 0.637. The Morgan fingerprint density at radius 1 is 1.07 bits per heavy atom. The molecule has 2 aromatic carbocycles. The van der Waals surface area contributed by atoms with E-state index < -0.39 is 26.8 Å². The maximum Gasteiger partial charge on any atom is 0.307 e. The summed E-state index contributed by atoms with van der Waals surface area (Å²) < 4.78 is 37.9. The number of hydrogen-bond donors (Lipinski definition) is 1. The highest BCUT2D eigenvalue weighted by molar-refractivity contribution is 7.90. The van der Waals surface area contributed by atoms with Crippen LogP contribution in [0.4, 0.5) is 0 Å². The average Bonchev–Trinajstić information content (AvgIpc) is 2.62. The molecular weight excluding hydrogens is 390 g/mol. The van der Waals surface area contributed by atoms with Crippen LogP contribution in [-0.4, -0.2) is 25.7 Å². The molecule has 7 heteroatoms. The van der Waals surface area contributed by atoms with Gasteiger partial charge in [-0.1, -0.05) is 29.8 Å². The molecular formula is C22H29NO5S. The van der Waals surface area contributed by atoms with E-state index in [0.717, 1.165) is 5.56 Å². The first-order chi connectivity index (χ1) is 13.5. The van der Waals surface area contributed by atoms with E-state index in [-0.39, 0.29) is 13.0 Å². The van der Waals surface area contributed by atoms with Gasteiger partial charge in [0.1, 0.15) is 11.5 Å². The van der Waals surface area contributed by atoms with E-state index in [1.54, 1.807) is 52.0 Å². The molecule has 1 atom stereocenters. The van der Waals surface area contributed by atoms with Crippen LogP contribution in [0.1, 0.15) is 51.3 Å². The summed E-state index contributed by atoms with van der Waals surface area (Å²) in [6.45, 7) is 8.75. The van der Waals surface area contributed by atoms with Crippen molar-refractivity contribution in [3.8, 4) is 11.5 Å². The Balaban J connectivity index is 2.31. The molecule has 0 aromatic heterocycles. The lowest BCUT2D eigenvalue weighted by Gasteiger charge is -2.25. The normalized spacial score (nSPS) is 13.0. The van der Waals surface area contributed by atoms with Gasteiger partial charge in [-0.05, 0) is 64.4 Å². The Morgan fingerprint density at radius 3 is 2.31 bits per heavy atom. The van der Waals surface area contributed by atoms with Crippen LogP contribution in [0.2, 0.25) is 0 Å². The first kappa shape index (κ1) is 22.9. The third-order valence-corrected chi connectivity index (χ3v) is 6.50. The highest BCUT2D eigenvalue weighted by Crippen LogP contribution is 2.28. The third-order valence-electron chi connectivity index (χ3n) is 4.30. The van der Waals surface area contributed by atoms with E-state index in [0.29, 0.717) is 17.1 Å². The molecule has 0 aliphatic rings. The number of aryl methyl sites for hydroxylation is 1. The van der Waals surface area contributed by atoms with Gasteiger partial charge in [-0.2, -0.15) is 0 Å². The van der Waals surface area contributed by atoms with Crippen molar-refractivity contribution in [1.82, 2.24) is 4.72 Å². The van der Waals surface area contributed by atoms with Crippen LogP contribution in [0.3, 0.4) is 0 Å². The highest BCUT2D eigenvalue weighted by atomic mass is 32.2. The second-order valence-corrected chi connectivity index (χ2v) is 10.3. The fraction of sp³-hybridized carbons (Fsp3) is 0.409. The van der Waals surface area contributed by atoms with Crippen molar-refractivity contribution in [1.29, 1.82) is 0 Å². The van der Waals surface area contributed by atoms with Gasteiger partial charge >= 0.3 is 5.97 Å². The van der Waals surface area contributed by atoms with Crippen molar-refractivity contribution >= 4 is 16.0 Å². The van der Waals surface area contributed by atoms with Crippen LogP contribution < -0.4 is 9.46 Å². The summed E-state index contributed by atoms with van der Waals surface area (Å²) in [5.41, 5.74) is 1.74. The van der Waals surface area contributed by atoms with E-state index in [2.05, 4.69) is 4.72 Å². The van der Waals surface area contributed by atoms with E-state index in [4.69, 9.17) is 9.47 Å².